The van der Waals surface area contributed by atoms with Gasteiger partial charge in [-0.3, -0.25) is 14.9 Å². The zero-order chi connectivity index (χ0) is 11.7. The van der Waals surface area contributed by atoms with Gasteiger partial charge in [0.1, 0.15) is 0 Å². The van der Waals surface area contributed by atoms with E-state index in [1.165, 1.54) is 0 Å². The molecule has 0 spiro atoms. The summed E-state index contributed by atoms with van der Waals surface area (Å²) in [6.07, 6.45) is 4.53. The number of anilines is 1. The van der Waals surface area contributed by atoms with Crippen molar-refractivity contribution in [3.05, 3.63) is 53.9 Å². The molecular weight excluding hydrogens is 212 g/mol. The molecule has 0 amide bonds. The Kier molecular flexibility index (Phi) is 2.44. The number of fused-ring (bicyclic) bond motifs is 1. The second-order valence-electron chi connectivity index (χ2n) is 4.30. The van der Waals surface area contributed by atoms with Crippen molar-refractivity contribution in [3.8, 4) is 0 Å². The molecule has 17 heavy (non-hydrogen) atoms. The van der Waals surface area contributed by atoms with Gasteiger partial charge >= 0.3 is 0 Å². The highest BCUT2D eigenvalue weighted by Gasteiger charge is 2.20. The molecule has 0 bridgehead atoms. The minimum Gasteiger partial charge on any atom is -0.295 e. The lowest BCUT2D eigenvalue weighted by Gasteiger charge is -2.16. The summed E-state index contributed by atoms with van der Waals surface area (Å²) in [6.45, 7) is 0. The summed E-state index contributed by atoms with van der Waals surface area (Å²) in [5, 5.41) is 0. The molecular formula is C14H14N2O. The van der Waals surface area contributed by atoms with E-state index in [1.54, 1.807) is 0 Å². The minimum atomic E-state index is 0.264. The van der Waals surface area contributed by atoms with E-state index >= 15 is 0 Å². The van der Waals surface area contributed by atoms with Crippen LogP contribution in [0.25, 0.3) is 0 Å². The third kappa shape index (κ3) is 1.84. The van der Waals surface area contributed by atoms with Crippen LogP contribution in [0.2, 0.25) is 0 Å². The molecule has 0 unspecified atom stereocenters. The Morgan fingerprint density at radius 3 is 2.71 bits per heavy atom. The Morgan fingerprint density at radius 2 is 1.88 bits per heavy atom. The van der Waals surface area contributed by atoms with Gasteiger partial charge in [-0.25, -0.2) is 0 Å². The van der Waals surface area contributed by atoms with Crippen LogP contribution >= 0.6 is 0 Å². The standard InChI is InChI=1S/C14H14N2O/c17-14-8-4-7-13-12(14)9-10-16(13)15-11-5-2-1-3-6-11/h1-3,5-6,9-10,15H,4,7-8H2. The Balaban J connectivity index is 1.92. The maximum Gasteiger partial charge on any atom is 0.164 e. The highest BCUT2D eigenvalue weighted by atomic mass is 16.1. The molecule has 3 heteroatoms. The van der Waals surface area contributed by atoms with Crippen molar-refractivity contribution in [1.29, 1.82) is 0 Å². The molecule has 3 rings (SSSR count). The van der Waals surface area contributed by atoms with Crippen molar-refractivity contribution in [3.63, 3.8) is 0 Å². The zero-order valence-corrected chi connectivity index (χ0v) is 9.52. The van der Waals surface area contributed by atoms with Gasteiger partial charge < -0.3 is 0 Å². The van der Waals surface area contributed by atoms with E-state index in [0.717, 1.165) is 29.8 Å². The summed E-state index contributed by atoms with van der Waals surface area (Å²) in [6, 6.07) is 11.9. The topological polar surface area (TPSA) is 34.0 Å². The number of nitrogens with zero attached hydrogens (tertiary/aromatic N) is 1. The number of Topliss-reactive ketones (excluding diaryl/α,β-unsaturated/α-hetero) is 1. The number of para-hydroxylation sites is 1. The van der Waals surface area contributed by atoms with Gasteiger partial charge in [0.2, 0.25) is 0 Å². The number of nitrogens with one attached hydrogen (secondary N) is 1. The number of carbonyl (C=O) groups is 1. The first-order chi connectivity index (χ1) is 8.34. The van der Waals surface area contributed by atoms with Crippen LogP contribution in [-0.4, -0.2) is 10.5 Å². The van der Waals surface area contributed by atoms with Crippen LogP contribution in [-0.2, 0) is 6.42 Å². The van der Waals surface area contributed by atoms with Crippen LogP contribution in [0.15, 0.2) is 42.6 Å². The number of ketones is 1. The number of rotatable bonds is 2. The molecule has 0 saturated heterocycles. The molecule has 1 heterocycles. The summed E-state index contributed by atoms with van der Waals surface area (Å²) in [5.74, 6) is 0.264. The fourth-order valence-electron chi connectivity index (χ4n) is 2.28. The lowest BCUT2D eigenvalue weighted by atomic mass is 9.97. The Bertz CT molecular complexity index is 543. The van der Waals surface area contributed by atoms with Crippen molar-refractivity contribution in [2.75, 3.05) is 5.43 Å². The monoisotopic (exact) mass is 226 g/mol. The molecule has 1 aliphatic carbocycles. The lowest BCUT2D eigenvalue weighted by Crippen LogP contribution is -2.17. The molecule has 0 aliphatic heterocycles. The van der Waals surface area contributed by atoms with Crippen molar-refractivity contribution in [1.82, 2.24) is 4.68 Å². The van der Waals surface area contributed by atoms with Crippen LogP contribution < -0.4 is 5.43 Å². The molecule has 0 atom stereocenters. The number of benzene rings is 1. The highest BCUT2D eigenvalue weighted by Crippen LogP contribution is 2.22. The van der Waals surface area contributed by atoms with Gasteiger partial charge in [-0.15, -0.1) is 0 Å². The summed E-state index contributed by atoms with van der Waals surface area (Å²) in [5.41, 5.74) is 6.31. The third-order valence-electron chi connectivity index (χ3n) is 3.13. The number of hydrogen-bond acceptors (Lipinski definition) is 2. The highest BCUT2D eigenvalue weighted by molar-refractivity contribution is 5.98. The fourth-order valence-corrected chi connectivity index (χ4v) is 2.28. The molecule has 1 aromatic carbocycles. The molecule has 1 aliphatic rings. The molecule has 3 nitrogen and oxygen atoms in total. The van der Waals surface area contributed by atoms with Crippen molar-refractivity contribution < 1.29 is 4.79 Å². The Morgan fingerprint density at radius 1 is 1.06 bits per heavy atom. The lowest BCUT2D eigenvalue weighted by molar-refractivity contribution is 0.0972. The molecule has 0 radical (unpaired) electrons. The predicted molar refractivity (Wildman–Crippen MR) is 67.2 cm³/mol. The summed E-state index contributed by atoms with van der Waals surface area (Å²) in [4.78, 5) is 11.7. The smallest absolute Gasteiger partial charge is 0.164 e. The fraction of sp³-hybridized carbons (Fsp3) is 0.214. The van der Waals surface area contributed by atoms with Gasteiger partial charge in [-0.2, -0.15) is 0 Å². The van der Waals surface area contributed by atoms with Crippen molar-refractivity contribution in [2.45, 2.75) is 19.3 Å². The molecule has 2 aromatic rings. The van der Waals surface area contributed by atoms with Crippen LogP contribution in [0.4, 0.5) is 5.69 Å². The number of hydrogen-bond donors (Lipinski definition) is 1. The van der Waals surface area contributed by atoms with E-state index in [9.17, 15) is 4.79 Å². The van der Waals surface area contributed by atoms with Crippen molar-refractivity contribution in [2.24, 2.45) is 0 Å². The summed E-state index contributed by atoms with van der Waals surface area (Å²) < 4.78 is 1.96. The molecule has 0 fully saturated rings. The van der Waals surface area contributed by atoms with E-state index in [4.69, 9.17) is 0 Å². The van der Waals surface area contributed by atoms with E-state index in [0.29, 0.717) is 6.42 Å². The quantitative estimate of drug-likeness (QED) is 0.854. The minimum absolute atomic E-state index is 0.264. The largest absolute Gasteiger partial charge is 0.295 e. The van der Waals surface area contributed by atoms with Gasteiger partial charge in [0.15, 0.2) is 5.78 Å². The average Bonchev–Trinajstić information content (AvgIpc) is 2.76. The Hall–Kier alpha value is -2.03. The van der Waals surface area contributed by atoms with Gasteiger partial charge in [-0.1, -0.05) is 18.2 Å². The second-order valence-corrected chi connectivity index (χ2v) is 4.30. The maximum atomic E-state index is 11.7. The van der Waals surface area contributed by atoms with E-state index in [-0.39, 0.29) is 5.78 Å². The van der Waals surface area contributed by atoms with E-state index in [1.807, 2.05) is 47.3 Å². The third-order valence-corrected chi connectivity index (χ3v) is 3.13. The number of aromatic nitrogens is 1. The SMILES string of the molecule is O=C1CCCc2c1ccn2Nc1ccccc1. The zero-order valence-electron chi connectivity index (χ0n) is 9.52. The second kappa shape index (κ2) is 4.09. The average molecular weight is 226 g/mol. The van der Waals surface area contributed by atoms with Crippen LogP contribution in [0.1, 0.15) is 28.9 Å². The van der Waals surface area contributed by atoms with E-state index < -0.39 is 0 Å². The van der Waals surface area contributed by atoms with Crippen LogP contribution in [0.3, 0.4) is 0 Å². The van der Waals surface area contributed by atoms with Crippen LogP contribution in [0.5, 0.6) is 0 Å². The first kappa shape index (κ1) is 10.1. The van der Waals surface area contributed by atoms with Gasteiger partial charge in [-0.05, 0) is 31.0 Å². The molecule has 86 valence electrons. The van der Waals surface area contributed by atoms with Gasteiger partial charge in [0.25, 0.3) is 0 Å². The maximum absolute atomic E-state index is 11.7. The van der Waals surface area contributed by atoms with E-state index in [2.05, 4.69) is 5.43 Å². The molecule has 1 aromatic heterocycles. The van der Waals surface area contributed by atoms with Crippen molar-refractivity contribution >= 4 is 11.5 Å². The van der Waals surface area contributed by atoms with Gasteiger partial charge in [0.05, 0.1) is 11.4 Å². The normalized spacial score (nSPS) is 14.5. The summed E-state index contributed by atoms with van der Waals surface area (Å²) >= 11 is 0. The predicted octanol–water partition coefficient (Wildman–Crippen LogP) is 2.88. The summed E-state index contributed by atoms with van der Waals surface area (Å²) in [7, 11) is 0. The van der Waals surface area contributed by atoms with Gasteiger partial charge in [0, 0.05) is 18.2 Å². The molecule has 1 N–H and O–H groups in total. The van der Waals surface area contributed by atoms with Crippen LogP contribution in [0, 0.1) is 0 Å². The molecule has 0 saturated carbocycles. The first-order valence-corrected chi connectivity index (χ1v) is 5.90. The number of carbonyl (C=O) groups excluding carboxylic acids is 1. The Labute approximate surface area is 100 Å². The first-order valence-electron chi connectivity index (χ1n) is 5.90.